The van der Waals surface area contributed by atoms with E-state index in [-0.39, 0.29) is 37.0 Å². The second kappa shape index (κ2) is 11.8. The van der Waals surface area contributed by atoms with E-state index < -0.39 is 6.04 Å². The molecular weight excluding hydrogens is 518 g/mol. The molecule has 41 heavy (non-hydrogen) atoms. The predicted octanol–water partition coefficient (Wildman–Crippen LogP) is 4.56. The van der Waals surface area contributed by atoms with E-state index in [1.807, 2.05) is 36.4 Å². The van der Waals surface area contributed by atoms with Gasteiger partial charge in [-0.2, -0.15) is 0 Å². The standard InChI is InChI=1S/C33H39N3O5/c1-22(2)14-15-34-20-31(38)36-19-29-26(17-28(36)33(34)39)25-7-3-4-8-27(25)35(29)18-23-10-12-24(13-11-23)30(37)21-41-32-9-5-6-16-40-32/h3-4,7-8,10-13,22,28,32H,5-6,9,14-21H2,1-2H3. The van der Waals surface area contributed by atoms with Crippen LogP contribution in [0.3, 0.4) is 0 Å². The summed E-state index contributed by atoms with van der Waals surface area (Å²) in [5.41, 5.74) is 5.01. The van der Waals surface area contributed by atoms with Crippen LogP contribution in [0.1, 0.15) is 66.7 Å². The summed E-state index contributed by atoms with van der Waals surface area (Å²) in [4.78, 5) is 43.0. The van der Waals surface area contributed by atoms with Gasteiger partial charge in [0, 0.05) is 48.3 Å². The molecule has 0 bridgehead atoms. The summed E-state index contributed by atoms with van der Waals surface area (Å²) in [5.74, 6) is 0.497. The van der Waals surface area contributed by atoms with Crippen molar-refractivity contribution in [3.8, 4) is 0 Å². The van der Waals surface area contributed by atoms with Crippen molar-refractivity contribution in [2.24, 2.45) is 5.92 Å². The SMILES string of the molecule is CC(C)CCN1CC(=O)N2Cc3c(c4ccccc4n3Cc3ccc(C(=O)COC4CCCCO4)cc3)CC2C1=O. The minimum atomic E-state index is -0.443. The van der Waals surface area contributed by atoms with Gasteiger partial charge in [-0.25, -0.2) is 0 Å². The molecule has 8 heteroatoms. The summed E-state index contributed by atoms with van der Waals surface area (Å²) in [5, 5.41) is 1.13. The molecule has 3 aliphatic heterocycles. The molecule has 2 amide bonds. The zero-order valence-electron chi connectivity index (χ0n) is 24.0. The van der Waals surface area contributed by atoms with Crippen molar-refractivity contribution in [2.75, 3.05) is 26.3 Å². The highest BCUT2D eigenvalue weighted by Crippen LogP contribution is 2.35. The van der Waals surface area contributed by atoms with Crippen LogP contribution in [0.2, 0.25) is 0 Å². The molecule has 0 aliphatic carbocycles. The molecule has 1 aromatic heterocycles. The van der Waals surface area contributed by atoms with Crippen LogP contribution in [-0.4, -0.2) is 70.6 Å². The van der Waals surface area contributed by atoms with Crippen molar-refractivity contribution in [3.63, 3.8) is 0 Å². The van der Waals surface area contributed by atoms with Crippen molar-refractivity contribution in [1.82, 2.24) is 14.4 Å². The maximum atomic E-state index is 13.5. The Bertz CT molecular complexity index is 1440. The summed E-state index contributed by atoms with van der Waals surface area (Å²) >= 11 is 0. The van der Waals surface area contributed by atoms with Gasteiger partial charge in [0.2, 0.25) is 11.8 Å². The Labute approximate surface area is 241 Å². The molecule has 2 atom stereocenters. The number of hydrogen-bond donors (Lipinski definition) is 0. The highest BCUT2D eigenvalue weighted by molar-refractivity contribution is 5.98. The Balaban J connectivity index is 1.21. The third-order valence-electron chi connectivity index (χ3n) is 8.66. The summed E-state index contributed by atoms with van der Waals surface area (Å²) < 4.78 is 13.5. The zero-order chi connectivity index (χ0) is 28.5. The number of rotatable bonds is 9. The highest BCUT2D eigenvalue weighted by Gasteiger charge is 2.43. The number of nitrogens with zero attached hydrogens (tertiary/aromatic N) is 3. The van der Waals surface area contributed by atoms with Crippen LogP contribution in [0.5, 0.6) is 0 Å². The van der Waals surface area contributed by atoms with Crippen LogP contribution in [0.15, 0.2) is 48.5 Å². The molecule has 0 radical (unpaired) electrons. The smallest absolute Gasteiger partial charge is 0.246 e. The first-order valence-electron chi connectivity index (χ1n) is 14.9. The van der Waals surface area contributed by atoms with Gasteiger partial charge >= 0.3 is 0 Å². The second-order valence-corrected chi connectivity index (χ2v) is 11.9. The molecule has 4 heterocycles. The monoisotopic (exact) mass is 557 g/mol. The lowest BCUT2D eigenvalue weighted by Gasteiger charge is -2.43. The van der Waals surface area contributed by atoms with Crippen LogP contribution in [0.4, 0.5) is 0 Å². The van der Waals surface area contributed by atoms with E-state index in [9.17, 15) is 14.4 Å². The summed E-state index contributed by atoms with van der Waals surface area (Å²) in [7, 11) is 0. The molecule has 2 aromatic carbocycles. The average Bonchev–Trinajstić information content (AvgIpc) is 3.29. The number of ketones is 1. The number of carbonyl (C=O) groups is 3. The Kier molecular flexibility index (Phi) is 7.95. The number of para-hydroxylation sites is 1. The van der Waals surface area contributed by atoms with Crippen LogP contribution in [0, 0.1) is 5.92 Å². The van der Waals surface area contributed by atoms with Crippen molar-refractivity contribution < 1.29 is 23.9 Å². The summed E-state index contributed by atoms with van der Waals surface area (Å²) in [6, 6.07) is 15.5. The van der Waals surface area contributed by atoms with Crippen molar-refractivity contribution in [3.05, 3.63) is 70.9 Å². The van der Waals surface area contributed by atoms with E-state index in [1.165, 1.54) is 0 Å². The second-order valence-electron chi connectivity index (χ2n) is 11.9. The van der Waals surface area contributed by atoms with E-state index >= 15 is 0 Å². The number of aromatic nitrogens is 1. The Morgan fingerprint density at radius 2 is 1.85 bits per heavy atom. The molecule has 3 aromatic rings. The minimum Gasteiger partial charge on any atom is -0.353 e. The molecule has 0 saturated carbocycles. The lowest BCUT2D eigenvalue weighted by atomic mass is 9.93. The fourth-order valence-corrected chi connectivity index (χ4v) is 6.29. The van der Waals surface area contributed by atoms with Gasteiger partial charge in [-0.05, 0) is 48.8 Å². The summed E-state index contributed by atoms with van der Waals surface area (Å²) in [6.45, 7) is 6.79. The molecule has 8 nitrogen and oxygen atoms in total. The molecular formula is C33H39N3O5. The number of piperazine rings is 1. The van der Waals surface area contributed by atoms with Gasteiger partial charge in [-0.15, -0.1) is 0 Å². The number of benzene rings is 2. The Hall–Kier alpha value is -3.49. The number of carbonyl (C=O) groups excluding carboxylic acids is 3. The fourth-order valence-electron chi connectivity index (χ4n) is 6.29. The quantitative estimate of drug-likeness (QED) is 0.361. The lowest BCUT2D eigenvalue weighted by molar-refractivity contribution is -0.157. The number of fused-ring (bicyclic) bond motifs is 4. The van der Waals surface area contributed by atoms with Gasteiger partial charge in [0.15, 0.2) is 12.1 Å². The van der Waals surface area contributed by atoms with Gasteiger partial charge in [0.05, 0.1) is 13.1 Å². The predicted molar refractivity (Wildman–Crippen MR) is 155 cm³/mol. The topological polar surface area (TPSA) is 81.1 Å². The van der Waals surface area contributed by atoms with Gasteiger partial charge in [0.1, 0.15) is 12.6 Å². The van der Waals surface area contributed by atoms with E-state index in [0.717, 1.165) is 53.4 Å². The molecule has 0 N–H and O–H groups in total. The van der Waals surface area contributed by atoms with Crippen LogP contribution >= 0.6 is 0 Å². The fraction of sp³-hybridized carbons (Fsp3) is 0.485. The van der Waals surface area contributed by atoms with Crippen molar-refractivity contribution in [2.45, 2.75) is 71.4 Å². The van der Waals surface area contributed by atoms with E-state index in [2.05, 4.69) is 30.5 Å². The maximum Gasteiger partial charge on any atom is 0.246 e. The first-order chi connectivity index (χ1) is 19.9. The molecule has 6 rings (SSSR count). The van der Waals surface area contributed by atoms with Crippen LogP contribution in [-0.2, 0) is 38.6 Å². The Morgan fingerprint density at radius 1 is 1.05 bits per heavy atom. The molecule has 2 saturated heterocycles. The maximum absolute atomic E-state index is 13.5. The number of amides is 2. The van der Waals surface area contributed by atoms with Gasteiger partial charge < -0.3 is 23.8 Å². The molecule has 2 fully saturated rings. The minimum absolute atomic E-state index is 0.0123. The number of ether oxygens (including phenoxy) is 2. The Morgan fingerprint density at radius 3 is 2.61 bits per heavy atom. The van der Waals surface area contributed by atoms with Crippen molar-refractivity contribution in [1.29, 1.82) is 0 Å². The van der Waals surface area contributed by atoms with Crippen LogP contribution < -0.4 is 0 Å². The van der Waals surface area contributed by atoms with Gasteiger partial charge in [0.25, 0.3) is 0 Å². The third kappa shape index (κ3) is 5.68. The molecule has 216 valence electrons. The van der Waals surface area contributed by atoms with E-state index in [4.69, 9.17) is 9.47 Å². The lowest BCUT2D eigenvalue weighted by Crippen LogP contribution is -2.61. The normalized spacial score (nSPS) is 21.0. The number of hydrogen-bond acceptors (Lipinski definition) is 5. The molecule has 0 spiro atoms. The van der Waals surface area contributed by atoms with E-state index in [1.54, 1.807) is 9.80 Å². The number of Topliss-reactive ketones (excluding diaryl/α,β-unsaturated/α-hetero) is 1. The highest BCUT2D eigenvalue weighted by atomic mass is 16.7. The van der Waals surface area contributed by atoms with Crippen LogP contribution in [0.25, 0.3) is 10.9 Å². The molecule has 3 aliphatic rings. The largest absolute Gasteiger partial charge is 0.353 e. The zero-order valence-corrected chi connectivity index (χ0v) is 24.0. The first kappa shape index (κ1) is 27.7. The van der Waals surface area contributed by atoms with Gasteiger partial charge in [-0.1, -0.05) is 56.3 Å². The van der Waals surface area contributed by atoms with Crippen molar-refractivity contribution >= 4 is 28.5 Å². The van der Waals surface area contributed by atoms with E-state index in [0.29, 0.717) is 44.1 Å². The first-order valence-corrected chi connectivity index (χ1v) is 14.9. The summed E-state index contributed by atoms with van der Waals surface area (Å²) in [6.07, 6.45) is 4.07. The average molecular weight is 558 g/mol. The van der Waals surface area contributed by atoms with Gasteiger partial charge in [-0.3, -0.25) is 14.4 Å². The molecule has 2 unspecified atom stereocenters. The third-order valence-corrected chi connectivity index (χ3v) is 8.66.